The molecule has 0 fully saturated rings. The molecular weight excluding hydrogens is 434 g/mol. The third-order valence-electron chi connectivity index (χ3n) is 4.68. The van der Waals surface area contributed by atoms with Crippen molar-refractivity contribution in [1.82, 2.24) is 9.88 Å². The van der Waals surface area contributed by atoms with E-state index < -0.39 is 0 Å². The summed E-state index contributed by atoms with van der Waals surface area (Å²) < 4.78 is 1.14. The van der Waals surface area contributed by atoms with Gasteiger partial charge in [0.05, 0.1) is 10.2 Å². The molecule has 0 radical (unpaired) electrons. The van der Waals surface area contributed by atoms with E-state index in [-0.39, 0.29) is 18.3 Å². The van der Waals surface area contributed by atoms with Crippen molar-refractivity contribution in [3.05, 3.63) is 54.1 Å². The van der Waals surface area contributed by atoms with Crippen LogP contribution in [0.2, 0.25) is 0 Å². The molecule has 162 valence electrons. The van der Waals surface area contributed by atoms with Crippen molar-refractivity contribution in [3.8, 4) is 0 Å². The minimum atomic E-state index is 0. The lowest BCUT2D eigenvalue weighted by Crippen LogP contribution is -2.33. The van der Waals surface area contributed by atoms with Gasteiger partial charge in [0.1, 0.15) is 0 Å². The summed E-state index contributed by atoms with van der Waals surface area (Å²) in [6.07, 6.45) is 2.36. The van der Waals surface area contributed by atoms with Crippen LogP contribution in [0.5, 0.6) is 0 Å². The van der Waals surface area contributed by atoms with E-state index in [2.05, 4.69) is 68.4 Å². The van der Waals surface area contributed by atoms with Crippen molar-refractivity contribution in [2.75, 3.05) is 37.8 Å². The van der Waals surface area contributed by atoms with Crippen molar-refractivity contribution >= 4 is 56.8 Å². The van der Waals surface area contributed by atoms with Crippen LogP contribution in [0.4, 0.5) is 5.13 Å². The average Bonchev–Trinajstić information content (AvgIpc) is 3.14. The van der Waals surface area contributed by atoms with Crippen molar-refractivity contribution < 1.29 is 4.79 Å². The standard InChI is InChI=1S/C23H29N3OS2.ClH/c1-18-10-7-13-20-22(18)24-23(29-20)26(16-9-15-25(2)3)21(27)14-8-17-28-19-11-5-4-6-12-19;/h4-7,10-13H,8-9,14-17H2,1-3H3;1H. The number of carbonyl (C=O) groups excluding carboxylic acids is 1. The van der Waals surface area contributed by atoms with Crippen LogP contribution in [0, 0.1) is 6.92 Å². The maximum absolute atomic E-state index is 13.1. The van der Waals surface area contributed by atoms with E-state index in [1.807, 2.05) is 22.7 Å². The second-order valence-electron chi connectivity index (χ2n) is 7.39. The van der Waals surface area contributed by atoms with Gasteiger partial charge in [-0.3, -0.25) is 9.69 Å². The zero-order valence-corrected chi connectivity index (χ0v) is 20.3. The highest BCUT2D eigenvalue weighted by Gasteiger charge is 2.19. The molecule has 0 aliphatic rings. The quantitative estimate of drug-likeness (QED) is 0.277. The minimum absolute atomic E-state index is 0. The van der Waals surface area contributed by atoms with Crippen LogP contribution in [0.3, 0.4) is 0 Å². The number of hydrogen-bond donors (Lipinski definition) is 0. The maximum Gasteiger partial charge on any atom is 0.228 e. The molecule has 0 spiro atoms. The summed E-state index contributed by atoms with van der Waals surface area (Å²) in [5, 5.41) is 0.828. The smallest absolute Gasteiger partial charge is 0.228 e. The summed E-state index contributed by atoms with van der Waals surface area (Å²) in [5.74, 6) is 1.12. The number of amides is 1. The molecule has 1 amide bonds. The Morgan fingerprint density at radius 2 is 1.80 bits per heavy atom. The van der Waals surface area contributed by atoms with Crippen LogP contribution >= 0.6 is 35.5 Å². The summed E-state index contributed by atoms with van der Waals surface area (Å²) in [5.41, 5.74) is 2.17. The Morgan fingerprint density at radius 3 is 2.50 bits per heavy atom. The highest BCUT2D eigenvalue weighted by Crippen LogP contribution is 2.31. The SMILES string of the molecule is Cc1cccc2sc(N(CCCN(C)C)C(=O)CCCSc3ccccc3)nc12.Cl. The molecule has 0 N–H and O–H groups in total. The second kappa shape index (κ2) is 12.3. The lowest BCUT2D eigenvalue weighted by Gasteiger charge is -2.21. The summed E-state index contributed by atoms with van der Waals surface area (Å²) in [4.78, 5) is 23.2. The van der Waals surface area contributed by atoms with Crippen LogP contribution in [0.15, 0.2) is 53.4 Å². The van der Waals surface area contributed by atoms with Crippen molar-refractivity contribution in [2.24, 2.45) is 0 Å². The average molecular weight is 464 g/mol. The van der Waals surface area contributed by atoms with Crippen LogP contribution in [-0.4, -0.2) is 48.7 Å². The predicted octanol–water partition coefficient (Wildman–Crippen LogP) is 5.88. The highest BCUT2D eigenvalue weighted by molar-refractivity contribution is 7.99. The lowest BCUT2D eigenvalue weighted by molar-refractivity contribution is -0.118. The molecule has 0 atom stereocenters. The molecule has 0 aliphatic carbocycles. The number of fused-ring (bicyclic) bond motifs is 1. The number of aryl methyl sites for hydroxylation is 1. The third kappa shape index (κ3) is 6.98. The minimum Gasteiger partial charge on any atom is -0.309 e. The first-order valence-corrected chi connectivity index (χ1v) is 11.8. The maximum atomic E-state index is 13.1. The van der Waals surface area contributed by atoms with Crippen LogP contribution in [-0.2, 0) is 4.79 Å². The van der Waals surface area contributed by atoms with Gasteiger partial charge in [-0.05, 0) is 69.9 Å². The Balaban J connectivity index is 0.00000320. The molecule has 7 heteroatoms. The van der Waals surface area contributed by atoms with Crippen LogP contribution in [0.25, 0.3) is 10.2 Å². The molecule has 1 heterocycles. The van der Waals surface area contributed by atoms with Gasteiger partial charge in [0, 0.05) is 17.9 Å². The molecular formula is C23H30ClN3OS2. The third-order valence-corrected chi connectivity index (χ3v) is 6.82. The molecule has 2 aromatic carbocycles. The fraction of sp³-hybridized carbons (Fsp3) is 0.391. The number of thioether (sulfide) groups is 1. The molecule has 4 nitrogen and oxygen atoms in total. The molecule has 0 aliphatic heterocycles. The highest BCUT2D eigenvalue weighted by atomic mass is 35.5. The number of para-hydroxylation sites is 1. The molecule has 0 saturated carbocycles. The molecule has 1 aromatic heterocycles. The summed E-state index contributed by atoms with van der Waals surface area (Å²) in [6.45, 7) is 3.74. The van der Waals surface area contributed by atoms with Crippen LogP contribution in [0.1, 0.15) is 24.8 Å². The first-order chi connectivity index (χ1) is 14.0. The fourth-order valence-corrected chi connectivity index (χ4v) is 5.09. The van der Waals surface area contributed by atoms with Gasteiger partial charge in [-0.2, -0.15) is 0 Å². The topological polar surface area (TPSA) is 36.4 Å². The molecule has 0 bridgehead atoms. The molecule has 0 saturated heterocycles. The van der Waals surface area contributed by atoms with E-state index in [1.54, 1.807) is 11.3 Å². The zero-order chi connectivity index (χ0) is 20.6. The lowest BCUT2D eigenvalue weighted by atomic mass is 10.2. The van der Waals surface area contributed by atoms with Crippen molar-refractivity contribution in [1.29, 1.82) is 0 Å². The van der Waals surface area contributed by atoms with E-state index in [1.165, 1.54) is 4.90 Å². The van der Waals surface area contributed by atoms with Crippen molar-refractivity contribution in [3.63, 3.8) is 0 Å². The van der Waals surface area contributed by atoms with Gasteiger partial charge >= 0.3 is 0 Å². The molecule has 0 unspecified atom stereocenters. The van der Waals surface area contributed by atoms with Gasteiger partial charge in [-0.25, -0.2) is 4.98 Å². The summed E-state index contributed by atoms with van der Waals surface area (Å²) in [7, 11) is 4.13. The number of carbonyl (C=O) groups is 1. The Hall–Kier alpha value is -1.60. The number of benzene rings is 2. The van der Waals surface area contributed by atoms with Gasteiger partial charge in [0.15, 0.2) is 5.13 Å². The Kier molecular flexibility index (Phi) is 10.1. The van der Waals surface area contributed by atoms with E-state index >= 15 is 0 Å². The molecule has 3 rings (SSSR count). The zero-order valence-electron chi connectivity index (χ0n) is 17.8. The molecule has 30 heavy (non-hydrogen) atoms. The number of aromatic nitrogens is 1. The van der Waals surface area contributed by atoms with Gasteiger partial charge in [-0.1, -0.05) is 41.7 Å². The molecule has 3 aromatic rings. The van der Waals surface area contributed by atoms with Gasteiger partial charge in [-0.15, -0.1) is 24.2 Å². The number of anilines is 1. The van der Waals surface area contributed by atoms with Crippen LogP contribution < -0.4 is 4.90 Å². The number of halogens is 1. The predicted molar refractivity (Wildman–Crippen MR) is 134 cm³/mol. The first-order valence-electron chi connectivity index (χ1n) is 10.0. The second-order valence-corrected chi connectivity index (χ2v) is 9.56. The summed E-state index contributed by atoms with van der Waals surface area (Å²) in [6, 6.07) is 16.6. The van der Waals surface area contributed by atoms with E-state index in [0.29, 0.717) is 13.0 Å². The van der Waals surface area contributed by atoms with Gasteiger partial charge in [0.2, 0.25) is 5.91 Å². The van der Waals surface area contributed by atoms with Crippen molar-refractivity contribution in [2.45, 2.75) is 31.1 Å². The summed E-state index contributed by atoms with van der Waals surface area (Å²) >= 11 is 3.43. The normalized spacial score (nSPS) is 10.9. The fourth-order valence-electron chi connectivity index (χ4n) is 3.13. The van der Waals surface area contributed by atoms with E-state index in [9.17, 15) is 4.79 Å². The largest absolute Gasteiger partial charge is 0.309 e. The number of nitrogens with zero attached hydrogens (tertiary/aromatic N) is 3. The Morgan fingerprint density at radius 1 is 1.03 bits per heavy atom. The van der Waals surface area contributed by atoms with E-state index in [4.69, 9.17) is 4.98 Å². The monoisotopic (exact) mass is 463 g/mol. The van der Waals surface area contributed by atoms with E-state index in [0.717, 1.165) is 46.1 Å². The number of hydrogen-bond acceptors (Lipinski definition) is 5. The first kappa shape index (κ1) is 24.7. The van der Waals surface area contributed by atoms with Gasteiger partial charge in [0.25, 0.3) is 0 Å². The number of thiazole rings is 1. The Labute approximate surface area is 194 Å². The number of rotatable bonds is 10. The van der Waals surface area contributed by atoms with Gasteiger partial charge < -0.3 is 4.90 Å². The Bertz CT molecular complexity index is 931.